The molecule has 1 aliphatic carbocycles. The van der Waals surface area contributed by atoms with Crippen LogP contribution >= 0.6 is 0 Å². The molecule has 1 aromatic heterocycles. The number of aliphatic hydroxyl groups excluding tert-OH is 1. The number of aryl methyl sites for hydroxylation is 3. The van der Waals surface area contributed by atoms with Crippen molar-refractivity contribution in [3.05, 3.63) is 58.5 Å². The molecule has 1 N–H and O–H groups in total. The molecule has 0 saturated heterocycles. The number of hydrogen-bond donors (Lipinski definition) is 1. The van der Waals surface area contributed by atoms with Crippen LogP contribution in [0.25, 0.3) is 0 Å². The summed E-state index contributed by atoms with van der Waals surface area (Å²) in [4.78, 5) is 0. The number of benzene rings is 1. The molecule has 1 heterocycles. The van der Waals surface area contributed by atoms with E-state index in [-0.39, 0.29) is 0 Å². The molecule has 2 heteroatoms. The zero-order valence-corrected chi connectivity index (χ0v) is 10.6. The number of rotatable bonds is 3. The van der Waals surface area contributed by atoms with Crippen LogP contribution in [0.15, 0.2) is 34.9 Å². The Kier molecular flexibility index (Phi) is 2.96. The molecule has 0 aliphatic heterocycles. The van der Waals surface area contributed by atoms with Crippen molar-refractivity contribution in [2.24, 2.45) is 0 Å². The number of hydrogen-bond acceptors (Lipinski definition) is 2. The van der Waals surface area contributed by atoms with Gasteiger partial charge in [0, 0.05) is 6.42 Å². The fourth-order valence-corrected chi connectivity index (χ4v) is 2.79. The van der Waals surface area contributed by atoms with Crippen molar-refractivity contribution < 1.29 is 9.52 Å². The van der Waals surface area contributed by atoms with E-state index in [9.17, 15) is 5.11 Å². The third-order valence-corrected chi connectivity index (χ3v) is 3.80. The van der Waals surface area contributed by atoms with Gasteiger partial charge in [-0.2, -0.15) is 0 Å². The third-order valence-electron chi connectivity index (χ3n) is 3.80. The van der Waals surface area contributed by atoms with Crippen LogP contribution in [0.1, 0.15) is 40.5 Å². The maximum Gasteiger partial charge on any atom is 0.135 e. The molecule has 94 valence electrons. The molecule has 0 bridgehead atoms. The SMILES string of the molecule is Cc1ccoc1C(O)Cc1ccc2c(c1)CCC2. The van der Waals surface area contributed by atoms with Crippen molar-refractivity contribution in [3.63, 3.8) is 0 Å². The first-order valence-electron chi connectivity index (χ1n) is 6.57. The monoisotopic (exact) mass is 242 g/mol. The summed E-state index contributed by atoms with van der Waals surface area (Å²) in [6, 6.07) is 8.47. The second kappa shape index (κ2) is 4.62. The van der Waals surface area contributed by atoms with Gasteiger partial charge in [0.2, 0.25) is 0 Å². The van der Waals surface area contributed by atoms with Gasteiger partial charge < -0.3 is 9.52 Å². The molecule has 1 unspecified atom stereocenters. The van der Waals surface area contributed by atoms with E-state index in [4.69, 9.17) is 4.42 Å². The second-order valence-electron chi connectivity index (χ2n) is 5.14. The fraction of sp³-hybridized carbons (Fsp3) is 0.375. The maximum atomic E-state index is 10.2. The van der Waals surface area contributed by atoms with Gasteiger partial charge in [-0.3, -0.25) is 0 Å². The highest BCUT2D eigenvalue weighted by Crippen LogP contribution is 2.26. The lowest BCUT2D eigenvalue weighted by Crippen LogP contribution is -2.02. The Morgan fingerprint density at radius 1 is 1.22 bits per heavy atom. The summed E-state index contributed by atoms with van der Waals surface area (Å²) in [6.45, 7) is 1.96. The summed E-state index contributed by atoms with van der Waals surface area (Å²) >= 11 is 0. The molecule has 0 saturated carbocycles. The first kappa shape index (κ1) is 11.5. The summed E-state index contributed by atoms with van der Waals surface area (Å²) in [5.41, 5.74) is 5.14. The zero-order chi connectivity index (χ0) is 12.5. The lowest BCUT2D eigenvalue weighted by atomic mass is 10.0. The minimum atomic E-state index is -0.542. The van der Waals surface area contributed by atoms with Gasteiger partial charge in [-0.05, 0) is 54.5 Å². The van der Waals surface area contributed by atoms with Crippen molar-refractivity contribution >= 4 is 0 Å². The molecule has 2 nitrogen and oxygen atoms in total. The molecule has 1 aliphatic rings. The van der Waals surface area contributed by atoms with Gasteiger partial charge in [0.15, 0.2) is 0 Å². The van der Waals surface area contributed by atoms with E-state index in [2.05, 4.69) is 18.2 Å². The van der Waals surface area contributed by atoms with E-state index in [0.29, 0.717) is 12.2 Å². The van der Waals surface area contributed by atoms with E-state index in [1.54, 1.807) is 6.26 Å². The van der Waals surface area contributed by atoms with Gasteiger partial charge in [-0.1, -0.05) is 18.2 Å². The molecule has 0 spiro atoms. The molecule has 3 rings (SSSR count). The highest BCUT2D eigenvalue weighted by atomic mass is 16.4. The van der Waals surface area contributed by atoms with Crippen LogP contribution in [0.5, 0.6) is 0 Å². The largest absolute Gasteiger partial charge is 0.466 e. The van der Waals surface area contributed by atoms with Gasteiger partial charge in [0.1, 0.15) is 11.9 Å². The average Bonchev–Trinajstić information content (AvgIpc) is 2.96. The predicted molar refractivity (Wildman–Crippen MR) is 70.6 cm³/mol. The standard InChI is InChI=1S/C16H18O2/c1-11-7-8-18-16(11)15(17)10-12-5-6-13-3-2-4-14(13)9-12/h5-9,15,17H,2-4,10H2,1H3. The van der Waals surface area contributed by atoms with Crippen LogP contribution in [-0.4, -0.2) is 5.11 Å². The van der Waals surface area contributed by atoms with Gasteiger partial charge in [0.25, 0.3) is 0 Å². The molecule has 0 fully saturated rings. The minimum Gasteiger partial charge on any atom is -0.466 e. The Morgan fingerprint density at radius 3 is 2.83 bits per heavy atom. The van der Waals surface area contributed by atoms with Crippen molar-refractivity contribution in [2.75, 3.05) is 0 Å². The fourth-order valence-electron chi connectivity index (χ4n) is 2.79. The topological polar surface area (TPSA) is 33.4 Å². The lowest BCUT2D eigenvalue weighted by Gasteiger charge is -2.10. The van der Waals surface area contributed by atoms with Crippen LogP contribution in [0, 0.1) is 6.92 Å². The number of aliphatic hydroxyl groups is 1. The van der Waals surface area contributed by atoms with Gasteiger partial charge >= 0.3 is 0 Å². The first-order valence-corrected chi connectivity index (χ1v) is 6.57. The minimum absolute atomic E-state index is 0.542. The second-order valence-corrected chi connectivity index (χ2v) is 5.14. The zero-order valence-electron chi connectivity index (χ0n) is 10.6. The molecule has 18 heavy (non-hydrogen) atoms. The Hall–Kier alpha value is -1.54. The van der Waals surface area contributed by atoms with Crippen molar-refractivity contribution in [2.45, 2.75) is 38.7 Å². The smallest absolute Gasteiger partial charge is 0.135 e. The quantitative estimate of drug-likeness (QED) is 0.895. The van der Waals surface area contributed by atoms with E-state index >= 15 is 0 Å². The summed E-state index contributed by atoms with van der Waals surface area (Å²) in [5.74, 6) is 0.690. The van der Waals surface area contributed by atoms with Crippen molar-refractivity contribution in [3.8, 4) is 0 Å². The van der Waals surface area contributed by atoms with Crippen LogP contribution in [0.4, 0.5) is 0 Å². The first-order chi connectivity index (χ1) is 8.74. The summed E-state index contributed by atoms with van der Waals surface area (Å²) in [6.07, 6.45) is 5.37. The third kappa shape index (κ3) is 2.08. The normalized spacial score (nSPS) is 15.7. The molecule has 0 radical (unpaired) electrons. The van der Waals surface area contributed by atoms with Crippen LogP contribution in [0.3, 0.4) is 0 Å². The van der Waals surface area contributed by atoms with Crippen LogP contribution < -0.4 is 0 Å². The number of furan rings is 1. The van der Waals surface area contributed by atoms with Crippen molar-refractivity contribution in [1.29, 1.82) is 0 Å². The van der Waals surface area contributed by atoms with E-state index in [1.165, 1.54) is 36.0 Å². The van der Waals surface area contributed by atoms with Crippen LogP contribution in [0.2, 0.25) is 0 Å². The molecular weight excluding hydrogens is 224 g/mol. The molecule has 1 aromatic carbocycles. The lowest BCUT2D eigenvalue weighted by molar-refractivity contribution is 0.149. The predicted octanol–water partition coefficient (Wildman–Crippen LogP) is 3.35. The Balaban J connectivity index is 1.79. The molecule has 2 aromatic rings. The summed E-state index contributed by atoms with van der Waals surface area (Å²) in [7, 11) is 0. The number of fused-ring (bicyclic) bond motifs is 1. The summed E-state index contributed by atoms with van der Waals surface area (Å²) < 4.78 is 5.34. The van der Waals surface area contributed by atoms with E-state index < -0.39 is 6.10 Å². The van der Waals surface area contributed by atoms with Gasteiger partial charge in [0.05, 0.1) is 6.26 Å². The van der Waals surface area contributed by atoms with Gasteiger partial charge in [-0.15, -0.1) is 0 Å². The van der Waals surface area contributed by atoms with E-state index in [1.807, 2.05) is 13.0 Å². The average molecular weight is 242 g/mol. The highest BCUT2D eigenvalue weighted by molar-refractivity contribution is 5.36. The van der Waals surface area contributed by atoms with Crippen LogP contribution in [-0.2, 0) is 19.3 Å². The summed E-state index contributed by atoms with van der Waals surface area (Å²) in [5, 5.41) is 10.2. The maximum absolute atomic E-state index is 10.2. The van der Waals surface area contributed by atoms with E-state index in [0.717, 1.165) is 5.56 Å². The van der Waals surface area contributed by atoms with Crippen molar-refractivity contribution in [1.82, 2.24) is 0 Å². The Morgan fingerprint density at radius 2 is 2.06 bits per heavy atom. The Bertz CT molecular complexity index is 554. The highest BCUT2D eigenvalue weighted by Gasteiger charge is 2.16. The molecular formula is C16H18O2. The molecule has 1 atom stereocenters. The molecule has 0 amide bonds. The Labute approximate surface area is 107 Å². The van der Waals surface area contributed by atoms with Gasteiger partial charge in [-0.25, -0.2) is 0 Å².